The Labute approximate surface area is 131 Å². The van der Waals surface area contributed by atoms with Gasteiger partial charge in [-0.15, -0.1) is 11.3 Å². The maximum Gasteiger partial charge on any atom is 0.270 e. The number of fused-ring (bicyclic) bond motifs is 3. The number of aromatic nitrogens is 1. The SMILES string of the molecule is O=CNc1csc2cnc(C(=O)NC3CN4CC[C@H]3C4)cc12. The number of thiophene rings is 1. The molecule has 0 spiro atoms. The van der Waals surface area contributed by atoms with Gasteiger partial charge in [-0.2, -0.15) is 0 Å². The number of hydrogen-bond donors (Lipinski definition) is 2. The lowest BCUT2D eigenvalue weighted by Crippen LogP contribution is -2.43. The number of amides is 2. The van der Waals surface area contributed by atoms with Gasteiger partial charge in [-0.1, -0.05) is 0 Å². The molecule has 2 saturated heterocycles. The van der Waals surface area contributed by atoms with Gasteiger partial charge in [0.05, 0.1) is 10.4 Å². The Morgan fingerprint density at radius 1 is 1.45 bits per heavy atom. The van der Waals surface area contributed by atoms with Crippen LogP contribution in [0.4, 0.5) is 5.69 Å². The number of carbonyl (C=O) groups is 2. The summed E-state index contributed by atoms with van der Waals surface area (Å²) in [5.41, 5.74) is 1.12. The molecule has 2 aromatic rings. The fourth-order valence-electron chi connectivity index (χ4n) is 3.42. The summed E-state index contributed by atoms with van der Waals surface area (Å²) < 4.78 is 0.951. The van der Waals surface area contributed by atoms with Gasteiger partial charge in [-0.05, 0) is 24.9 Å². The first-order chi connectivity index (χ1) is 10.7. The topological polar surface area (TPSA) is 74.3 Å². The Morgan fingerprint density at radius 2 is 2.36 bits per heavy atom. The van der Waals surface area contributed by atoms with Crippen LogP contribution in [0.15, 0.2) is 17.6 Å². The fraction of sp³-hybridized carbons (Fsp3) is 0.400. The van der Waals surface area contributed by atoms with Gasteiger partial charge in [-0.25, -0.2) is 4.98 Å². The average Bonchev–Trinajstić information content (AvgIpc) is 3.23. The van der Waals surface area contributed by atoms with Crippen LogP contribution in [-0.2, 0) is 4.79 Å². The third-order valence-corrected chi connectivity index (χ3v) is 5.49. The normalized spacial score (nSPS) is 26.3. The second-order valence-corrected chi connectivity index (χ2v) is 6.78. The number of hydrogen-bond acceptors (Lipinski definition) is 5. The Kier molecular flexibility index (Phi) is 3.31. The molecule has 2 aliphatic heterocycles. The summed E-state index contributed by atoms with van der Waals surface area (Å²) >= 11 is 1.49. The fourth-order valence-corrected chi connectivity index (χ4v) is 4.27. The monoisotopic (exact) mass is 316 g/mol. The van der Waals surface area contributed by atoms with Crippen LogP contribution in [0.1, 0.15) is 16.9 Å². The lowest BCUT2D eigenvalue weighted by molar-refractivity contribution is -0.105. The maximum atomic E-state index is 12.4. The predicted molar refractivity (Wildman–Crippen MR) is 85.1 cm³/mol. The van der Waals surface area contributed by atoms with Gasteiger partial charge in [0.2, 0.25) is 6.41 Å². The highest BCUT2D eigenvalue weighted by molar-refractivity contribution is 7.17. The molecule has 0 saturated carbocycles. The highest BCUT2D eigenvalue weighted by Crippen LogP contribution is 2.30. The summed E-state index contributed by atoms with van der Waals surface area (Å²) in [6.45, 7) is 3.18. The lowest BCUT2D eigenvalue weighted by atomic mass is 10.00. The number of nitrogens with one attached hydrogen (secondary N) is 2. The Balaban J connectivity index is 1.56. The number of anilines is 1. The van der Waals surface area contributed by atoms with E-state index >= 15 is 0 Å². The molecule has 0 radical (unpaired) electrons. The summed E-state index contributed by atoms with van der Waals surface area (Å²) in [6, 6.07) is 1.98. The number of nitrogens with zero attached hydrogens (tertiary/aromatic N) is 2. The molecule has 0 aromatic carbocycles. The first-order valence-electron chi connectivity index (χ1n) is 7.35. The summed E-state index contributed by atoms with van der Waals surface area (Å²) in [5, 5.41) is 8.47. The van der Waals surface area contributed by atoms with Gasteiger partial charge in [0, 0.05) is 36.1 Å². The maximum absolute atomic E-state index is 12.4. The quantitative estimate of drug-likeness (QED) is 0.834. The van der Waals surface area contributed by atoms with E-state index in [2.05, 4.69) is 20.5 Å². The number of piperidine rings is 1. The number of carbonyl (C=O) groups excluding carboxylic acids is 2. The van der Waals surface area contributed by atoms with Crippen molar-refractivity contribution in [3.8, 4) is 0 Å². The van der Waals surface area contributed by atoms with Crippen LogP contribution in [0.3, 0.4) is 0 Å². The molecule has 22 heavy (non-hydrogen) atoms. The molecule has 2 fully saturated rings. The molecule has 2 amide bonds. The molecular weight excluding hydrogens is 300 g/mol. The molecular formula is C15H16N4O2S. The molecule has 2 unspecified atom stereocenters. The standard InChI is InChI=1S/C15H16N4O2S/c20-8-17-13-7-22-14-4-16-11(3-10(13)14)15(21)18-12-6-19-2-1-9(12)5-19/h3-4,7-9,12H,1-2,5-6H2,(H,17,20)(H,18,21)/t9-,12?/m0/s1. The van der Waals surface area contributed by atoms with E-state index in [9.17, 15) is 9.59 Å². The van der Waals surface area contributed by atoms with Crippen molar-refractivity contribution in [2.75, 3.05) is 25.0 Å². The van der Waals surface area contributed by atoms with E-state index in [0.717, 1.165) is 41.8 Å². The Morgan fingerprint density at radius 3 is 3.09 bits per heavy atom. The zero-order valence-electron chi connectivity index (χ0n) is 11.9. The van der Waals surface area contributed by atoms with Crippen molar-refractivity contribution in [3.63, 3.8) is 0 Å². The molecule has 7 heteroatoms. The molecule has 3 atom stereocenters. The largest absolute Gasteiger partial charge is 0.346 e. The van der Waals surface area contributed by atoms with Crippen LogP contribution in [0.25, 0.3) is 10.1 Å². The Hall–Kier alpha value is -1.99. The molecule has 114 valence electrons. The molecule has 6 nitrogen and oxygen atoms in total. The minimum atomic E-state index is -0.135. The third kappa shape index (κ3) is 2.26. The summed E-state index contributed by atoms with van der Waals surface area (Å²) in [4.78, 5) is 29.7. The van der Waals surface area contributed by atoms with Crippen molar-refractivity contribution in [2.45, 2.75) is 12.5 Å². The van der Waals surface area contributed by atoms with Crippen LogP contribution in [0.2, 0.25) is 0 Å². The van der Waals surface area contributed by atoms with Gasteiger partial charge >= 0.3 is 0 Å². The van der Waals surface area contributed by atoms with E-state index in [1.807, 2.05) is 5.38 Å². The molecule has 2 aromatic heterocycles. The highest BCUT2D eigenvalue weighted by Gasteiger charge is 2.38. The van der Waals surface area contributed by atoms with E-state index in [1.165, 1.54) is 11.3 Å². The summed E-state index contributed by atoms with van der Waals surface area (Å²) in [6.07, 6.45) is 3.50. The van der Waals surface area contributed by atoms with Crippen molar-refractivity contribution in [3.05, 3.63) is 23.3 Å². The van der Waals surface area contributed by atoms with Crippen molar-refractivity contribution in [1.82, 2.24) is 15.2 Å². The van der Waals surface area contributed by atoms with Crippen molar-refractivity contribution < 1.29 is 9.59 Å². The molecule has 4 rings (SSSR count). The second kappa shape index (κ2) is 5.33. The Bertz CT molecular complexity index is 744. The minimum Gasteiger partial charge on any atom is -0.346 e. The van der Waals surface area contributed by atoms with Crippen LogP contribution < -0.4 is 10.6 Å². The summed E-state index contributed by atoms with van der Waals surface area (Å²) in [5.74, 6) is 0.435. The first kappa shape index (κ1) is 13.7. The van der Waals surface area contributed by atoms with Crippen LogP contribution >= 0.6 is 11.3 Å². The zero-order valence-corrected chi connectivity index (χ0v) is 12.7. The van der Waals surface area contributed by atoms with Gasteiger partial charge in [0.15, 0.2) is 0 Å². The van der Waals surface area contributed by atoms with Gasteiger partial charge in [0.1, 0.15) is 5.69 Å². The molecule has 2 bridgehead atoms. The summed E-state index contributed by atoms with van der Waals surface area (Å²) in [7, 11) is 0. The van der Waals surface area contributed by atoms with E-state index in [-0.39, 0.29) is 11.9 Å². The first-order valence-corrected chi connectivity index (χ1v) is 8.23. The van der Waals surface area contributed by atoms with Crippen molar-refractivity contribution in [1.29, 1.82) is 0 Å². The van der Waals surface area contributed by atoms with Gasteiger partial charge in [-0.3, -0.25) is 9.59 Å². The highest BCUT2D eigenvalue weighted by atomic mass is 32.1. The zero-order chi connectivity index (χ0) is 15.1. The molecule has 0 aliphatic carbocycles. The van der Waals surface area contributed by atoms with E-state index in [4.69, 9.17) is 0 Å². The minimum absolute atomic E-state index is 0.135. The smallest absolute Gasteiger partial charge is 0.270 e. The number of pyridine rings is 1. The van der Waals surface area contributed by atoms with E-state index in [0.29, 0.717) is 18.0 Å². The lowest BCUT2D eigenvalue weighted by Gasteiger charge is -2.22. The van der Waals surface area contributed by atoms with Crippen LogP contribution in [-0.4, -0.2) is 47.9 Å². The van der Waals surface area contributed by atoms with E-state index < -0.39 is 0 Å². The van der Waals surface area contributed by atoms with Crippen LogP contribution in [0.5, 0.6) is 0 Å². The third-order valence-electron chi connectivity index (χ3n) is 4.56. The molecule has 4 heterocycles. The van der Waals surface area contributed by atoms with Gasteiger partial charge < -0.3 is 15.5 Å². The van der Waals surface area contributed by atoms with Crippen molar-refractivity contribution in [2.24, 2.45) is 5.92 Å². The van der Waals surface area contributed by atoms with Crippen LogP contribution in [0, 0.1) is 5.92 Å². The second-order valence-electron chi connectivity index (χ2n) is 5.87. The average molecular weight is 316 g/mol. The van der Waals surface area contributed by atoms with Gasteiger partial charge in [0.25, 0.3) is 5.91 Å². The van der Waals surface area contributed by atoms with Crippen molar-refractivity contribution >= 4 is 39.4 Å². The predicted octanol–water partition coefficient (Wildman–Crippen LogP) is 1.30. The molecule has 2 aliphatic rings. The number of rotatable bonds is 4. The molecule has 2 N–H and O–H groups in total. The van der Waals surface area contributed by atoms with E-state index in [1.54, 1.807) is 12.3 Å².